The SMILES string of the molecule is COCC(C)CC(=O)NC1CCCCC1CN. The molecule has 3 atom stereocenters. The van der Waals surface area contributed by atoms with E-state index in [1.807, 2.05) is 6.92 Å². The molecular formula is C13H26N2O2. The minimum Gasteiger partial charge on any atom is -0.384 e. The van der Waals surface area contributed by atoms with Crippen molar-refractivity contribution < 1.29 is 9.53 Å². The van der Waals surface area contributed by atoms with E-state index < -0.39 is 0 Å². The fourth-order valence-corrected chi connectivity index (χ4v) is 2.61. The molecule has 4 heteroatoms. The van der Waals surface area contributed by atoms with Crippen LogP contribution in [0, 0.1) is 11.8 Å². The fourth-order valence-electron chi connectivity index (χ4n) is 2.61. The van der Waals surface area contributed by atoms with Crippen molar-refractivity contribution in [2.75, 3.05) is 20.3 Å². The molecule has 0 saturated heterocycles. The Kier molecular flexibility index (Phi) is 6.52. The Morgan fingerprint density at radius 2 is 2.18 bits per heavy atom. The van der Waals surface area contributed by atoms with Crippen molar-refractivity contribution in [3.63, 3.8) is 0 Å². The van der Waals surface area contributed by atoms with Gasteiger partial charge < -0.3 is 15.8 Å². The minimum absolute atomic E-state index is 0.139. The van der Waals surface area contributed by atoms with Crippen LogP contribution in [0.3, 0.4) is 0 Å². The maximum absolute atomic E-state index is 11.9. The number of carbonyl (C=O) groups excluding carboxylic acids is 1. The number of nitrogens with one attached hydrogen (secondary N) is 1. The highest BCUT2D eigenvalue weighted by Crippen LogP contribution is 2.23. The number of nitrogens with two attached hydrogens (primary N) is 1. The third-order valence-corrected chi connectivity index (χ3v) is 3.54. The van der Waals surface area contributed by atoms with Crippen molar-refractivity contribution in [1.82, 2.24) is 5.32 Å². The second kappa shape index (κ2) is 7.67. The number of rotatable bonds is 6. The number of hydrogen-bond acceptors (Lipinski definition) is 3. The van der Waals surface area contributed by atoms with Crippen LogP contribution in [-0.4, -0.2) is 32.2 Å². The highest BCUT2D eigenvalue weighted by Gasteiger charge is 2.25. The molecule has 0 aliphatic heterocycles. The second-order valence-electron chi connectivity index (χ2n) is 5.22. The highest BCUT2D eigenvalue weighted by atomic mass is 16.5. The first kappa shape index (κ1) is 14.5. The predicted octanol–water partition coefficient (Wildman–Crippen LogP) is 1.29. The number of ether oxygens (including phenoxy) is 1. The summed E-state index contributed by atoms with van der Waals surface area (Å²) in [4.78, 5) is 11.9. The molecule has 1 rings (SSSR count). The Labute approximate surface area is 104 Å². The predicted molar refractivity (Wildman–Crippen MR) is 68.6 cm³/mol. The summed E-state index contributed by atoms with van der Waals surface area (Å²) < 4.78 is 5.04. The third kappa shape index (κ3) is 5.04. The standard InChI is InChI=1S/C13H26N2O2/c1-10(9-17-2)7-13(16)15-12-6-4-3-5-11(12)8-14/h10-12H,3-9,14H2,1-2H3,(H,15,16). The molecule has 1 amide bonds. The van der Waals surface area contributed by atoms with Crippen LogP contribution in [0.2, 0.25) is 0 Å². The lowest BCUT2D eigenvalue weighted by atomic mass is 9.84. The molecule has 3 unspecified atom stereocenters. The number of amides is 1. The first-order valence-electron chi connectivity index (χ1n) is 6.65. The van der Waals surface area contributed by atoms with E-state index in [-0.39, 0.29) is 17.9 Å². The molecule has 0 aromatic carbocycles. The zero-order chi connectivity index (χ0) is 12.7. The molecule has 0 aromatic rings. The van der Waals surface area contributed by atoms with Gasteiger partial charge in [0, 0.05) is 26.2 Å². The van der Waals surface area contributed by atoms with Gasteiger partial charge in [0.15, 0.2) is 0 Å². The summed E-state index contributed by atoms with van der Waals surface area (Å²) in [5.41, 5.74) is 5.75. The number of hydrogen-bond donors (Lipinski definition) is 2. The van der Waals surface area contributed by atoms with E-state index in [0.29, 0.717) is 25.5 Å². The lowest BCUT2D eigenvalue weighted by Crippen LogP contribution is -2.45. The van der Waals surface area contributed by atoms with Crippen molar-refractivity contribution in [1.29, 1.82) is 0 Å². The van der Waals surface area contributed by atoms with Gasteiger partial charge in [0.25, 0.3) is 0 Å². The van der Waals surface area contributed by atoms with Crippen LogP contribution in [0.1, 0.15) is 39.0 Å². The lowest BCUT2D eigenvalue weighted by Gasteiger charge is -2.31. The summed E-state index contributed by atoms with van der Waals surface area (Å²) in [6.45, 7) is 3.35. The molecule has 1 aliphatic rings. The van der Waals surface area contributed by atoms with E-state index in [1.165, 1.54) is 12.8 Å². The van der Waals surface area contributed by atoms with Crippen LogP contribution < -0.4 is 11.1 Å². The summed E-state index contributed by atoms with van der Waals surface area (Å²) in [5.74, 6) is 0.880. The average Bonchev–Trinajstić information content (AvgIpc) is 2.29. The molecule has 0 aromatic heterocycles. The summed E-state index contributed by atoms with van der Waals surface area (Å²) in [7, 11) is 1.67. The Morgan fingerprint density at radius 1 is 1.47 bits per heavy atom. The zero-order valence-corrected chi connectivity index (χ0v) is 11.1. The van der Waals surface area contributed by atoms with Crippen LogP contribution >= 0.6 is 0 Å². The second-order valence-corrected chi connectivity index (χ2v) is 5.22. The zero-order valence-electron chi connectivity index (χ0n) is 11.1. The lowest BCUT2D eigenvalue weighted by molar-refractivity contribution is -0.123. The molecule has 17 heavy (non-hydrogen) atoms. The average molecular weight is 242 g/mol. The summed E-state index contributed by atoms with van der Waals surface area (Å²) >= 11 is 0. The van der Waals surface area contributed by atoms with Gasteiger partial charge in [0.05, 0.1) is 0 Å². The maximum Gasteiger partial charge on any atom is 0.220 e. The van der Waals surface area contributed by atoms with Crippen LogP contribution in [-0.2, 0) is 9.53 Å². The molecule has 0 radical (unpaired) electrons. The van der Waals surface area contributed by atoms with E-state index in [0.717, 1.165) is 12.8 Å². The molecule has 3 N–H and O–H groups in total. The smallest absolute Gasteiger partial charge is 0.220 e. The first-order chi connectivity index (χ1) is 8.17. The van der Waals surface area contributed by atoms with Crippen LogP contribution in [0.15, 0.2) is 0 Å². The normalized spacial score (nSPS) is 26.5. The van der Waals surface area contributed by atoms with Crippen molar-refractivity contribution in [3.05, 3.63) is 0 Å². The number of methoxy groups -OCH3 is 1. The van der Waals surface area contributed by atoms with Crippen LogP contribution in [0.25, 0.3) is 0 Å². The van der Waals surface area contributed by atoms with Crippen molar-refractivity contribution in [3.8, 4) is 0 Å². The quantitative estimate of drug-likeness (QED) is 0.737. The molecule has 1 fully saturated rings. The van der Waals surface area contributed by atoms with E-state index in [9.17, 15) is 4.79 Å². The van der Waals surface area contributed by atoms with Crippen LogP contribution in [0.5, 0.6) is 0 Å². The third-order valence-electron chi connectivity index (χ3n) is 3.54. The Hall–Kier alpha value is -0.610. The summed E-state index contributed by atoms with van der Waals surface area (Å²) in [5, 5.41) is 3.13. The number of carbonyl (C=O) groups is 1. The van der Waals surface area contributed by atoms with Gasteiger partial charge in [-0.1, -0.05) is 19.8 Å². The first-order valence-corrected chi connectivity index (χ1v) is 6.65. The van der Waals surface area contributed by atoms with Crippen molar-refractivity contribution in [2.24, 2.45) is 17.6 Å². The minimum atomic E-state index is 0.139. The van der Waals surface area contributed by atoms with Gasteiger partial charge in [0.1, 0.15) is 0 Å². The van der Waals surface area contributed by atoms with E-state index in [1.54, 1.807) is 7.11 Å². The maximum atomic E-state index is 11.9. The Bertz CT molecular complexity index is 233. The fraction of sp³-hybridized carbons (Fsp3) is 0.923. The molecule has 1 aliphatic carbocycles. The molecule has 0 bridgehead atoms. The van der Waals surface area contributed by atoms with E-state index in [4.69, 9.17) is 10.5 Å². The van der Waals surface area contributed by atoms with Gasteiger partial charge >= 0.3 is 0 Å². The van der Waals surface area contributed by atoms with Gasteiger partial charge in [-0.15, -0.1) is 0 Å². The van der Waals surface area contributed by atoms with Gasteiger partial charge in [-0.05, 0) is 31.2 Å². The van der Waals surface area contributed by atoms with Gasteiger partial charge in [-0.3, -0.25) is 4.79 Å². The molecule has 4 nitrogen and oxygen atoms in total. The van der Waals surface area contributed by atoms with Crippen LogP contribution in [0.4, 0.5) is 0 Å². The van der Waals surface area contributed by atoms with E-state index in [2.05, 4.69) is 5.32 Å². The van der Waals surface area contributed by atoms with E-state index >= 15 is 0 Å². The summed E-state index contributed by atoms with van der Waals surface area (Å²) in [6.07, 6.45) is 5.21. The molecule has 100 valence electrons. The topological polar surface area (TPSA) is 64.3 Å². The largest absolute Gasteiger partial charge is 0.384 e. The molecule has 0 heterocycles. The van der Waals surface area contributed by atoms with Gasteiger partial charge in [-0.2, -0.15) is 0 Å². The Balaban J connectivity index is 2.33. The Morgan fingerprint density at radius 3 is 2.82 bits per heavy atom. The molecule has 0 spiro atoms. The van der Waals surface area contributed by atoms with Gasteiger partial charge in [-0.25, -0.2) is 0 Å². The molecule has 1 saturated carbocycles. The summed E-state index contributed by atoms with van der Waals surface area (Å²) in [6, 6.07) is 0.288. The van der Waals surface area contributed by atoms with Crippen molar-refractivity contribution in [2.45, 2.75) is 45.1 Å². The van der Waals surface area contributed by atoms with Crippen molar-refractivity contribution >= 4 is 5.91 Å². The highest BCUT2D eigenvalue weighted by molar-refractivity contribution is 5.76. The monoisotopic (exact) mass is 242 g/mol. The molecular weight excluding hydrogens is 216 g/mol. The van der Waals surface area contributed by atoms with Gasteiger partial charge in [0.2, 0.25) is 5.91 Å².